The highest BCUT2D eigenvalue weighted by atomic mass is 35.5. The summed E-state index contributed by atoms with van der Waals surface area (Å²) in [4.78, 5) is 23.3. The van der Waals surface area contributed by atoms with Gasteiger partial charge in [0.15, 0.2) is 0 Å². The van der Waals surface area contributed by atoms with Gasteiger partial charge in [-0.15, -0.1) is 12.4 Å². The molecule has 1 atom stereocenters. The second-order valence-corrected chi connectivity index (χ2v) is 4.52. The Kier molecular flexibility index (Phi) is 10.9. The zero-order chi connectivity index (χ0) is 15.5. The second kappa shape index (κ2) is 11.8. The predicted molar refractivity (Wildman–Crippen MR) is 85.7 cm³/mol. The van der Waals surface area contributed by atoms with Crippen molar-refractivity contribution in [3.63, 3.8) is 0 Å². The van der Waals surface area contributed by atoms with Crippen molar-refractivity contribution in [1.82, 2.24) is 5.32 Å². The largest absolute Gasteiger partial charge is 0.464 e. The topological polar surface area (TPSA) is 90.6 Å². The minimum Gasteiger partial charge on any atom is -0.464 e. The molecule has 0 spiro atoms. The van der Waals surface area contributed by atoms with E-state index in [1.165, 1.54) is 0 Å². The maximum Gasteiger partial charge on any atom is 0.408 e. The van der Waals surface area contributed by atoms with Crippen molar-refractivity contribution >= 4 is 24.5 Å². The van der Waals surface area contributed by atoms with Gasteiger partial charge in [0.25, 0.3) is 0 Å². The second-order valence-electron chi connectivity index (χ2n) is 4.52. The molecule has 0 bridgehead atoms. The van der Waals surface area contributed by atoms with Crippen molar-refractivity contribution < 1.29 is 19.1 Å². The third-order valence-electron chi connectivity index (χ3n) is 2.77. The minimum atomic E-state index is -0.884. The van der Waals surface area contributed by atoms with Gasteiger partial charge in [-0.25, -0.2) is 9.59 Å². The summed E-state index contributed by atoms with van der Waals surface area (Å²) in [5.41, 5.74) is 6.33. The Hall–Kier alpha value is -1.79. The molecule has 0 fully saturated rings. The van der Waals surface area contributed by atoms with Gasteiger partial charge in [0.2, 0.25) is 0 Å². The molecule has 3 N–H and O–H groups in total. The van der Waals surface area contributed by atoms with E-state index in [1.807, 2.05) is 37.3 Å². The Bertz CT molecular complexity index is 442. The fourth-order valence-corrected chi connectivity index (χ4v) is 1.54. The highest BCUT2D eigenvalue weighted by Crippen LogP contribution is 2.01. The van der Waals surface area contributed by atoms with Gasteiger partial charge in [0.05, 0.1) is 6.61 Å². The number of ether oxygens (including phenoxy) is 2. The van der Waals surface area contributed by atoms with Crippen LogP contribution in [0.4, 0.5) is 4.79 Å². The minimum absolute atomic E-state index is 0. The van der Waals surface area contributed by atoms with E-state index in [0.717, 1.165) is 18.4 Å². The van der Waals surface area contributed by atoms with Crippen LogP contribution >= 0.6 is 12.4 Å². The van der Waals surface area contributed by atoms with Crippen molar-refractivity contribution in [2.24, 2.45) is 5.73 Å². The van der Waals surface area contributed by atoms with Crippen LogP contribution in [0.15, 0.2) is 30.3 Å². The molecular formula is C15H23ClN2O4. The molecule has 0 unspecified atom stereocenters. The highest BCUT2D eigenvalue weighted by Gasteiger charge is 2.21. The van der Waals surface area contributed by atoms with Crippen molar-refractivity contribution in [3.05, 3.63) is 35.9 Å². The number of carbonyl (C=O) groups is 2. The van der Waals surface area contributed by atoms with Crippen LogP contribution in [0.5, 0.6) is 0 Å². The molecule has 0 saturated heterocycles. The van der Waals surface area contributed by atoms with Gasteiger partial charge in [0.1, 0.15) is 12.6 Å². The summed E-state index contributed by atoms with van der Waals surface area (Å²) in [7, 11) is 0. The van der Waals surface area contributed by atoms with Crippen LogP contribution in [-0.4, -0.2) is 31.3 Å². The maximum absolute atomic E-state index is 11.7. The molecular weight excluding hydrogens is 308 g/mol. The van der Waals surface area contributed by atoms with Gasteiger partial charge < -0.3 is 20.5 Å². The van der Waals surface area contributed by atoms with Crippen molar-refractivity contribution in [1.29, 1.82) is 0 Å². The lowest BCUT2D eigenvalue weighted by Crippen LogP contribution is -2.46. The number of halogens is 1. The molecule has 7 heteroatoms. The fraction of sp³-hybridized carbons (Fsp3) is 0.467. The average Bonchev–Trinajstić information content (AvgIpc) is 2.51. The first-order chi connectivity index (χ1) is 10.2. The first-order valence-corrected chi connectivity index (χ1v) is 7.01. The van der Waals surface area contributed by atoms with Crippen LogP contribution in [0, 0.1) is 0 Å². The quantitative estimate of drug-likeness (QED) is 0.562. The van der Waals surface area contributed by atoms with E-state index in [0.29, 0.717) is 6.61 Å². The highest BCUT2D eigenvalue weighted by molar-refractivity contribution is 5.85. The Balaban J connectivity index is 0.00000441. The molecule has 0 heterocycles. The molecule has 6 nitrogen and oxygen atoms in total. The normalized spacial score (nSPS) is 11.0. The number of rotatable bonds is 8. The number of alkyl carbamates (subject to hydrolysis) is 1. The van der Waals surface area contributed by atoms with Gasteiger partial charge in [-0.3, -0.25) is 0 Å². The zero-order valence-corrected chi connectivity index (χ0v) is 13.4. The summed E-state index contributed by atoms with van der Waals surface area (Å²) in [5, 5.41) is 2.40. The van der Waals surface area contributed by atoms with Crippen molar-refractivity contribution in [3.8, 4) is 0 Å². The number of unbranched alkanes of at least 4 members (excludes halogenated alkanes) is 1. The Labute approximate surface area is 136 Å². The number of hydrogen-bond donors (Lipinski definition) is 2. The molecule has 1 rings (SSSR count). The summed E-state index contributed by atoms with van der Waals surface area (Å²) in [6, 6.07) is 8.37. The van der Waals surface area contributed by atoms with E-state index >= 15 is 0 Å². The lowest BCUT2D eigenvalue weighted by molar-refractivity contribution is -0.145. The predicted octanol–water partition coefficient (Wildman–Crippen LogP) is 2.01. The molecule has 0 radical (unpaired) electrons. The number of nitrogens with two attached hydrogens (primary N) is 1. The summed E-state index contributed by atoms with van der Waals surface area (Å²) >= 11 is 0. The average molecular weight is 331 g/mol. The van der Waals surface area contributed by atoms with Gasteiger partial charge in [-0.05, 0) is 12.0 Å². The molecule has 1 amide bonds. The third kappa shape index (κ3) is 7.85. The van der Waals surface area contributed by atoms with Gasteiger partial charge in [0, 0.05) is 6.54 Å². The first kappa shape index (κ1) is 20.2. The number of nitrogens with one attached hydrogen (secondary N) is 1. The van der Waals surface area contributed by atoms with Crippen LogP contribution in [-0.2, 0) is 20.9 Å². The monoisotopic (exact) mass is 330 g/mol. The molecule has 124 valence electrons. The van der Waals surface area contributed by atoms with Gasteiger partial charge in [-0.2, -0.15) is 0 Å². The molecule has 0 aliphatic rings. The summed E-state index contributed by atoms with van der Waals surface area (Å²) in [5.74, 6) is -0.539. The number of hydrogen-bond acceptors (Lipinski definition) is 5. The van der Waals surface area contributed by atoms with E-state index in [9.17, 15) is 9.59 Å². The fourth-order valence-electron chi connectivity index (χ4n) is 1.54. The smallest absolute Gasteiger partial charge is 0.408 e. The summed E-state index contributed by atoms with van der Waals surface area (Å²) in [6.07, 6.45) is 1.01. The molecule has 1 aromatic carbocycles. The van der Waals surface area contributed by atoms with E-state index in [2.05, 4.69) is 5.32 Å². The Morgan fingerprint density at radius 2 is 1.91 bits per heavy atom. The number of amides is 1. The van der Waals surface area contributed by atoms with E-state index < -0.39 is 18.1 Å². The number of carbonyl (C=O) groups excluding carboxylic acids is 2. The maximum atomic E-state index is 11.7. The van der Waals surface area contributed by atoms with E-state index in [4.69, 9.17) is 15.2 Å². The Morgan fingerprint density at radius 1 is 1.23 bits per heavy atom. The lowest BCUT2D eigenvalue weighted by Gasteiger charge is -2.15. The SMILES string of the molecule is CCCCOC(=O)[C@@H](CN)NC(=O)OCc1ccccc1.Cl. The van der Waals surface area contributed by atoms with Crippen LogP contribution in [0.1, 0.15) is 25.3 Å². The van der Waals surface area contributed by atoms with Gasteiger partial charge in [-0.1, -0.05) is 43.7 Å². The third-order valence-corrected chi connectivity index (χ3v) is 2.77. The molecule has 22 heavy (non-hydrogen) atoms. The number of benzene rings is 1. The van der Waals surface area contributed by atoms with Crippen molar-refractivity contribution in [2.75, 3.05) is 13.2 Å². The lowest BCUT2D eigenvalue weighted by atomic mass is 10.2. The van der Waals surface area contributed by atoms with E-state index in [1.54, 1.807) is 0 Å². The summed E-state index contributed by atoms with van der Waals surface area (Å²) < 4.78 is 10.0. The molecule has 0 aliphatic heterocycles. The van der Waals surface area contributed by atoms with Crippen LogP contribution in [0.2, 0.25) is 0 Å². The van der Waals surface area contributed by atoms with Crippen LogP contribution in [0.25, 0.3) is 0 Å². The molecule has 1 aromatic rings. The van der Waals surface area contributed by atoms with Crippen molar-refractivity contribution in [2.45, 2.75) is 32.4 Å². The van der Waals surface area contributed by atoms with Crippen LogP contribution in [0.3, 0.4) is 0 Å². The standard InChI is InChI=1S/C15H22N2O4.ClH/c1-2-3-9-20-14(18)13(10-16)17-15(19)21-11-12-7-5-4-6-8-12;/h4-8,13H,2-3,9-11,16H2,1H3,(H,17,19);1H/t13-;/m1./s1. The van der Waals surface area contributed by atoms with Crippen LogP contribution < -0.4 is 11.1 Å². The number of esters is 1. The zero-order valence-electron chi connectivity index (χ0n) is 12.6. The molecule has 0 aliphatic carbocycles. The Morgan fingerprint density at radius 3 is 2.50 bits per heavy atom. The van der Waals surface area contributed by atoms with E-state index in [-0.39, 0.29) is 25.6 Å². The van der Waals surface area contributed by atoms with Gasteiger partial charge >= 0.3 is 12.1 Å². The first-order valence-electron chi connectivity index (χ1n) is 7.01. The molecule has 0 saturated carbocycles. The molecule has 0 aromatic heterocycles. The summed E-state index contributed by atoms with van der Waals surface area (Å²) in [6.45, 7) is 2.42.